The molecule has 2 aliphatic heterocycles. The average Bonchev–Trinajstić information content (AvgIpc) is 3.15. The predicted molar refractivity (Wildman–Crippen MR) is 105 cm³/mol. The highest BCUT2D eigenvalue weighted by Gasteiger charge is 2.38. The van der Waals surface area contributed by atoms with Crippen molar-refractivity contribution in [3.63, 3.8) is 0 Å². The molecule has 0 spiro atoms. The fraction of sp³-hybridized carbons (Fsp3) is 0.667. The van der Waals surface area contributed by atoms with Crippen LogP contribution < -0.4 is 4.74 Å². The fourth-order valence-corrected chi connectivity index (χ4v) is 5.03. The number of nitrogens with zero attached hydrogens (tertiary/aromatic N) is 3. The number of nitro groups is 1. The summed E-state index contributed by atoms with van der Waals surface area (Å²) in [6.07, 6.45) is 8.93. The molecule has 27 heavy (non-hydrogen) atoms. The lowest BCUT2D eigenvalue weighted by Crippen LogP contribution is -2.46. The van der Waals surface area contributed by atoms with Crippen LogP contribution in [0, 0.1) is 22.0 Å². The zero-order chi connectivity index (χ0) is 18.8. The van der Waals surface area contributed by atoms with E-state index in [1.165, 1.54) is 49.9 Å². The van der Waals surface area contributed by atoms with E-state index in [4.69, 9.17) is 9.73 Å². The first-order chi connectivity index (χ1) is 13.1. The van der Waals surface area contributed by atoms with Crippen molar-refractivity contribution in [3.05, 3.63) is 34.4 Å². The van der Waals surface area contributed by atoms with E-state index < -0.39 is 0 Å². The summed E-state index contributed by atoms with van der Waals surface area (Å²) in [5.41, 5.74) is 1.56. The van der Waals surface area contributed by atoms with Gasteiger partial charge in [0.2, 0.25) is 0 Å². The highest BCUT2D eigenvalue weighted by atomic mass is 16.6. The molecule has 1 aromatic carbocycles. The van der Waals surface area contributed by atoms with Crippen LogP contribution >= 0.6 is 0 Å². The Hall–Kier alpha value is -1.95. The van der Waals surface area contributed by atoms with E-state index in [1.807, 2.05) is 0 Å². The second-order valence-corrected chi connectivity index (χ2v) is 8.26. The SMILES string of the molecule is CC1CC(N2CCC[C@H]2COc2ccc([N+](=O)[O-])cc2)N=C2CCCCC21. The molecule has 6 heteroatoms. The second-order valence-electron chi connectivity index (χ2n) is 8.26. The molecule has 1 saturated heterocycles. The molecule has 1 saturated carbocycles. The molecule has 0 aromatic heterocycles. The summed E-state index contributed by atoms with van der Waals surface area (Å²) in [4.78, 5) is 18.1. The average molecular weight is 371 g/mol. The van der Waals surface area contributed by atoms with Crippen LogP contribution in [0.3, 0.4) is 0 Å². The number of hydrogen-bond donors (Lipinski definition) is 0. The van der Waals surface area contributed by atoms with Crippen LogP contribution in [0.2, 0.25) is 0 Å². The van der Waals surface area contributed by atoms with Gasteiger partial charge in [-0.25, -0.2) is 0 Å². The topological polar surface area (TPSA) is 68.0 Å². The fourth-order valence-electron chi connectivity index (χ4n) is 5.03. The van der Waals surface area contributed by atoms with E-state index in [1.54, 1.807) is 12.1 Å². The number of aliphatic imine (C=N–C) groups is 1. The van der Waals surface area contributed by atoms with Gasteiger partial charge in [-0.2, -0.15) is 0 Å². The van der Waals surface area contributed by atoms with Gasteiger partial charge in [0, 0.05) is 30.4 Å². The van der Waals surface area contributed by atoms with Gasteiger partial charge in [0.25, 0.3) is 5.69 Å². The largest absolute Gasteiger partial charge is 0.492 e. The Balaban J connectivity index is 1.39. The molecule has 0 bridgehead atoms. The quantitative estimate of drug-likeness (QED) is 0.567. The van der Waals surface area contributed by atoms with Crippen LogP contribution in [0.4, 0.5) is 5.69 Å². The first kappa shape index (κ1) is 18.4. The van der Waals surface area contributed by atoms with Crippen LogP contribution in [0.15, 0.2) is 29.3 Å². The van der Waals surface area contributed by atoms with E-state index in [-0.39, 0.29) is 10.6 Å². The van der Waals surface area contributed by atoms with Gasteiger partial charge in [0.05, 0.1) is 4.92 Å². The molecule has 1 aliphatic carbocycles. The summed E-state index contributed by atoms with van der Waals surface area (Å²) in [6.45, 7) is 4.11. The maximum atomic E-state index is 10.8. The van der Waals surface area contributed by atoms with Crippen LogP contribution in [-0.2, 0) is 0 Å². The first-order valence-electron chi connectivity index (χ1n) is 10.3. The van der Waals surface area contributed by atoms with E-state index in [0.29, 0.717) is 30.5 Å². The number of benzene rings is 1. The molecule has 2 fully saturated rings. The lowest BCUT2D eigenvalue weighted by atomic mass is 9.75. The Morgan fingerprint density at radius 1 is 1.22 bits per heavy atom. The smallest absolute Gasteiger partial charge is 0.269 e. The van der Waals surface area contributed by atoms with Gasteiger partial charge in [-0.15, -0.1) is 0 Å². The monoisotopic (exact) mass is 371 g/mol. The number of rotatable bonds is 5. The van der Waals surface area contributed by atoms with E-state index in [0.717, 1.165) is 25.3 Å². The predicted octanol–water partition coefficient (Wildman–Crippen LogP) is 4.44. The second kappa shape index (κ2) is 7.97. The normalized spacial score (nSPS) is 31.2. The van der Waals surface area contributed by atoms with Crippen LogP contribution in [0.25, 0.3) is 0 Å². The van der Waals surface area contributed by atoms with Crippen molar-refractivity contribution in [1.82, 2.24) is 4.90 Å². The molecule has 1 aromatic rings. The standard InChI is InChI=1S/C21H29N3O3/c1-15-13-21(22-20-7-3-2-6-19(15)20)23-12-4-5-17(23)14-27-18-10-8-16(9-11-18)24(25)26/h8-11,15,17,19,21H,2-7,12-14H2,1H3/t15?,17-,19?,21?/m0/s1. The van der Waals surface area contributed by atoms with Crippen molar-refractivity contribution < 1.29 is 9.66 Å². The summed E-state index contributed by atoms with van der Waals surface area (Å²) in [6, 6.07) is 6.75. The van der Waals surface area contributed by atoms with Gasteiger partial charge in [0.1, 0.15) is 18.5 Å². The number of fused-ring (bicyclic) bond motifs is 1. The highest BCUT2D eigenvalue weighted by molar-refractivity contribution is 5.88. The number of likely N-dealkylation sites (tertiary alicyclic amines) is 1. The molecular formula is C21H29N3O3. The molecule has 146 valence electrons. The summed E-state index contributed by atoms with van der Waals surface area (Å²) in [5, 5.41) is 10.8. The van der Waals surface area contributed by atoms with Crippen molar-refractivity contribution in [2.45, 2.75) is 64.1 Å². The van der Waals surface area contributed by atoms with Crippen molar-refractivity contribution in [2.24, 2.45) is 16.8 Å². The molecular weight excluding hydrogens is 342 g/mol. The first-order valence-corrected chi connectivity index (χ1v) is 10.3. The highest BCUT2D eigenvalue weighted by Crippen LogP contribution is 2.37. The molecule has 6 nitrogen and oxygen atoms in total. The summed E-state index contributed by atoms with van der Waals surface area (Å²) in [5.74, 6) is 2.13. The van der Waals surface area contributed by atoms with Gasteiger partial charge in [-0.05, 0) is 62.5 Å². The Labute approximate surface area is 160 Å². The van der Waals surface area contributed by atoms with Crippen LogP contribution in [0.1, 0.15) is 51.9 Å². The van der Waals surface area contributed by atoms with Crippen LogP contribution in [-0.4, -0.2) is 40.9 Å². The molecule has 4 rings (SSSR count). The van der Waals surface area contributed by atoms with E-state index in [9.17, 15) is 10.1 Å². The number of non-ortho nitro benzene ring substituents is 1. The Morgan fingerprint density at radius 2 is 2.04 bits per heavy atom. The van der Waals surface area contributed by atoms with Gasteiger partial charge >= 0.3 is 0 Å². The maximum absolute atomic E-state index is 10.8. The summed E-state index contributed by atoms with van der Waals surface area (Å²) >= 11 is 0. The molecule has 0 amide bonds. The minimum absolute atomic E-state index is 0.0962. The Bertz CT molecular complexity index is 703. The van der Waals surface area contributed by atoms with Crippen LogP contribution in [0.5, 0.6) is 5.75 Å². The molecule has 0 radical (unpaired) electrons. The third kappa shape index (κ3) is 4.00. The van der Waals surface area contributed by atoms with Gasteiger partial charge in [-0.1, -0.05) is 13.3 Å². The van der Waals surface area contributed by atoms with Crippen molar-refractivity contribution in [1.29, 1.82) is 0 Å². The number of hydrogen-bond acceptors (Lipinski definition) is 5. The van der Waals surface area contributed by atoms with E-state index >= 15 is 0 Å². The third-order valence-corrected chi connectivity index (χ3v) is 6.51. The van der Waals surface area contributed by atoms with Crippen molar-refractivity contribution in [2.75, 3.05) is 13.2 Å². The zero-order valence-corrected chi connectivity index (χ0v) is 16.0. The summed E-state index contributed by atoms with van der Waals surface area (Å²) < 4.78 is 5.97. The minimum Gasteiger partial charge on any atom is -0.492 e. The molecule has 3 unspecified atom stereocenters. The molecule has 2 heterocycles. The van der Waals surface area contributed by atoms with E-state index in [2.05, 4.69) is 11.8 Å². The maximum Gasteiger partial charge on any atom is 0.269 e. The minimum atomic E-state index is -0.384. The Kier molecular flexibility index (Phi) is 5.43. The van der Waals surface area contributed by atoms with Gasteiger partial charge < -0.3 is 4.74 Å². The lowest BCUT2D eigenvalue weighted by Gasteiger charge is -2.40. The molecule has 3 aliphatic rings. The molecule has 4 atom stereocenters. The number of nitro benzene ring substituents is 1. The summed E-state index contributed by atoms with van der Waals surface area (Å²) in [7, 11) is 0. The Morgan fingerprint density at radius 3 is 2.81 bits per heavy atom. The molecule has 0 N–H and O–H groups in total. The van der Waals surface area contributed by atoms with Crippen molar-refractivity contribution >= 4 is 11.4 Å². The lowest BCUT2D eigenvalue weighted by molar-refractivity contribution is -0.384. The third-order valence-electron chi connectivity index (χ3n) is 6.51. The van der Waals surface area contributed by atoms with Gasteiger partial charge in [0.15, 0.2) is 0 Å². The number of ether oxygens (including phenoxy) is 1. The van der Waals surface area contributed by atoms with Crippen molar-refractivity contribution in [3.8, 4) is 5.75 Å². The zero-order valence-electron chi connectivity index (χ0n) is 16.0. The van der Waals surface area contributed by atoms with Gasteiger partial charge in [-0.3, -0.25) is 20.0 Å².